The van der Waals surface area contributed by atoms with Crippen LogP contribution in [0.15, 0.2) is 48.5 Å². The Hall–Kier alpha value is -3.32. The number of ether oxygens (including phenoxy) is 3. The molecule has 3 aromatic rings. The number of rotatable bonds is 4. The largest absolute Gasteiger partial charge is 0.486 e. The number of hydrogen-bond donors (Lipinski definition) is 1. The number of amides is 1. The van der Waals surface area contributed by atoms with Gasteiger partial charge in [0.15, 0.2) is 17.6 Å². The van der Waals surface area contributed by atoms with Gasteiger partial charge in [0, 0.05) is 17.1 Å². The normalized spacial score (nSPS) is 13.6. The summed E-state index contributed by atoms with van der Waals surface area (Å²) in [7, 11) is 0. The Bertz CT molecular complexity index is 1100. The van der Waals surface area contributed by atoms with E-state index in [0.717, 1.165) is 0 Å². The highest BCUT2D eigenvalue weighted by Crippen LogP contribution is 2.32. The number of anilines is 1. The second-order valence-corrected chi connectivity index (χ2v) is 6.79. The van der Waals surface area contributed by atoms with E-state index < -0.39 is 18.0 Å². The zero-order chi connectivity index (χ0) is 20.4. The van der Waals surface area contributed by atoms with Crippen LogP contribution in [0.25, 0.3) is 10.9 Å². The van der Waals surface area contributed by atoms with Gasteiger partial charge in [-0.05, 0) is 31.2 Å². The van der Waals surface area contributed by atoms with Gasteiger partial charge in [-0.3, -0.25) is 4.79 Å². The van der Waals surface area contributed by atoms with Crippen LogP contribution in [0.2, 0.25) is 5.15 Å². The summed E-state index contributed by atoms with van der Waals surface area (Å²) in [6.45, 7) is 2.43. The highest BCUT2D eigenvalue weighted by atomic mass is 35.5. The summed E-state index contributed by atoms with van der Waals surface area (Å²) < 4.78 is 16.3. The number of carbonyl (C=O) groups excluding carboxylic acids is 2. The third kappa shape index (κ3) is 4.09. The quantitative estimate of drug-likeness (QED) is 0.517. The molecule has 7 nitrogen and oxygen atoms in total. The van der Waals surface area contributed by atoms with E-state index >= 15 is 0 Å². The van der Waals surface area contributed by atoms with Gasteiger partial charge < -0.3 is 19.5 Å². The van der Waals surface area contributed by atoms with Crippen molar-refractivity contribution >= 4 is 40.1 Å². The maximum Gasteiger partial charge on any atom is 0.339 e. The van der Waals surface area contributed by atoms with E-state index in [1.165, 1.54) is 13.0 Å². The molecule has 1 N–H and O–H groups in total. The Morgan fingerprint density at radius 2 is 1.86 bits per heavy atom. The standard InChI is InChI=1S/C21H17ClN2O5/c1-12(20(25)23-13-6-7-17-18(10-13)28-9-8-27-17)29-21(26)15-11-19(22)24-16-5-3-2-4-14(15)16/h2-7,10-12H,8-9H2,1H3,(H,23,25)/t12-/m0/s1. The average Bonchev–Trinajstić information content (AvgIpc) is 2.72. The van der Waals surface area contributed by atoms with Crippen LogP contribution in [0, 0.1) is 0 Å². The predicted molar refractivity (Wildman–Crippen MR) is 108 cm³/mol. The summed E-state index contributed by atoms with van der Waals surface area (Å²) in [5.41, 5.74) is 1.33. The molecule has 4 rings (SSSR count). The van der Waals surface area contributed by atoms with Gasteiger partial charge in [-0.2, -0.15) is 0 Å². The molecule has 0 bridgehead atoms. The molecule has 0 radical (unpaired) electrons. The summed E-state index contributed by atoms with van der Waals surface area (Å²) >= 11 is 6.01. The molecular weight excluding hydrogens is 396 g/mol. The van der Waals surface area contributed by atoms with Crippen LogP contribution < -0.4 is 14.8 Å². The van der Waals surface area contributed by atoms with E-state index in [2.05, 4.69) is 10.3 Å². The van der Waals surface area contributed by atoms with Crippen molar-refractivity contribution in [2.24, 2.45) is 0 Å². The zero-order valence-electron chi connectivity index (χ0n) is 15.5. The number of fused-ring (bicyclic) bond motifs is 2. The molecular formula is C21H17ClN2O5. The summed E-state index contributed by atoms with van der Waals surface area (Å²) in [5, 5.41) is 3.48. The minimum atomic E-state index is -1.03. The molecule has 0 aliphatic carbocycles. The molecule has 0 saturated carbocycles. The number of carbonyl (C=O) groups is 2. The number of benzene rings is 2. The Morgan fingerprint density at radius 3 is 2.69 bits per heavy atom. The first-order valence-electron chi connectivity index (χ1n) is 8.98. The maximum atomic E-state index is 12.6. The molecule has 1 atom stereocenters. The molecule has 0 fully saturated rings. The fourth-order valence-corrected chi connectivity index (χ4v) is 3.15. The Labute approximate surface area is 171 Å². The monoisotopic (exact) mass is 412 g/mol. The van der Waals surface area contributed by atoms with Gasteiger partial charge in [-0.1, -0.05) is 29.8 Å². The number of halogens is 1. The molecule has 1 amide bonds. The van der Waals surface area contributed by atoms with Crippen molar-refractivity contribution in [3.63, 3.8) is 0 Å². The molecule has 0 saturated heterocycles. The predicted octanol–water partition coefficient (Wildman–Crippen LogP) is 3.84. The summed E-state index contributed by atoms with van der Waals surface area (Å²) in [6.07, 6.45) is -1.03. The summed E-state index contributed by atoms with van der Waals surface area (Å²) in [6, 6.07) is 13.6. The molecule has 0 spiro atoms. The summed E-state index contributed by atoms with van der Waals surface area (Å²) in [4.78, 5) is 29.3. The molecule has 0 unspecified atom stereocenters. The first-order chi connectivity index (χ1) is 14.0. The van der Waals surface area contributed by atoms with E-state index in [0.29, 0.717) is 41.3 Å². The van der Waals surface area contributed by atoms with Crippen molar-refractivity contribution < 1.29 is 23.8 Å². The van der Waals surface area contributed by atoms with Crippen LogP contribution >= 0.6 is 11.6 Å². The second kappa shape index (κ2) is 7.97. The molecule has 1 aromatic heterocycles. The molecule has 8 heteroatoms. The first-order valence-corrected chi connectivity index (χ1v) is 9.36. The molecule has 2 heterocycles. The van der Waals surface area contributed by atoms with E-state index in [-0.39, 0.29) is 10.7 Å². The number of pyridine rings is 1. The molecule has 148 valence electrons. The molecule has 2 aromatic carbocycles. The van der Waals surface area contributed by atoms with Gasteiger partial charge >= 0.3 is 5.97 Å². The van der Waals surface area contributed by atoms with E-state index in [1.807, 2.05) is 0 Å². The lowest BCUT2D eigenvalue weighted by molar-refractivity contribution is -0.123. The van der Waals surface area contributed by atoms with Crippen LogP contribution in [-0.4, -0.2) is 36.2 Å². The van der Waals surface area contributed by atoms with E-state index in [9.17, 15) is 9.59 Å². The summed E-state index contributed by atoms with van der Waals surface area (Å²) in [5.74, 6) is 0.0431. The van der Waals surface area contributed by atoms with Gasteiger partial charge in [0.25, 0.3) is 5.91 Å². The number of nitrogens with one attached hydrogen (secondary N) is 1. The topological polar surface area (TPSA) is 86.8 Å². The number of esters is 1. The second-order valence-electron chi connectivity index (χ2n) is 6.40. The van der Waals surface area contributed by atoms with Gasteiger partial charge in [-0.15, -0.1) is 0 Å². The van der Waals surface area contributed by atoms with Crippen LogP contribution in [0.4, 0.5) is 5.69 Å². The number of hydrogen-bond acceptors (Lipinski definition) is 6. The van der Waals surface area contributed by atoms with Gasteiger partial charge in [0.1, 0.15) is 18.4 Å². The minimum Gasteiger partial charge on any atom is -0.486 e. The lowest BCUT2D eigenvalue weighted by Crippen LogP contribution is -2.30. The van der Waals surface area contributed by atoms with E-state index in [1.54, 1.807) is 42.5 Å². The minimum absolute atomic E-state index is 0.170. The molecule has 1 aliphatic heterocycles. The van der Waals surface area contributed by atoms with Crippen LogP contribution in [0.1, 0.15) is 17.3 Å². The number of aromatic nitrogens is 1. The molecule has 29 heavy (non-hydrogen) atoms. The average molecular weight is 413 g/mol. The number of para-hydroxylation sites is 1. The van der Waals surface area contributed by atoms with Gasteiger partial charge in [0.05, 0.1) is 11.1 Å². The third-order valence-corrected chi connectivity index (χ3v) is 4.56. The maximum absolute atomic E-state index is 12.6. The van der Waals surface area contributed by atoms with E-state index in [4.69, 9.17) is 25.8 Å². The third-order valence-electron chi connectivity index (χ3n) is 4.37. The van der Waals surface area contributed by atoms with Gasteiger partial charge in [-0.25, -0.2) is 9.78 Å². The Morgan fingerprint density at radius 1 is 1.10 bits per heavy atom. The highest BCUT2D eigenvalue weighted by molar-refractivity contribution is 6.30. The fraction of sp³-hybridized carbons (Fsp3) is 0.190. The lowest BCUT2D eigenvalue weighted by atomic mass is 10.1. The fourth-order valence-electron chi connectivity index (χ4n) is 2.95. The first kappa shape index (κ1) is 19.0. The SMILES string of the molecule is C[C@H](OC(=O)c1cc(Cl)nc2ccccc12)C(=O)Nc1ccc2c(c1)OCCO2. The van der Waals surface area contributed by atoms with Gasteiger partial charge in [0.2, 0.25) is 0 Å². The number of nitrogens with zero attached hydrogens (tertiary/aromatic N) is 1. The highest BCUT2D eigenvalue weighted by Gasteiger charge is 2.22. The Kier molecular flexibility index (Phi) is 5.22. The van der Waals surface area contributed by atoms with Crippen molar-refractivity contribution in [3.05, 3.63) is 59.2 Å². The lowest BCUT2D eigenvalue weighted by Gasteiger charge is -2.19. The van der Waals surface area contributed by atoms with Crippen molar-refractivity contribution in [1.82, 2.24) is 4.98 Å². The smallest absolute Gasteiger partial charge is 0.339 e. The van der Waals surface area contributed by atoms with Crippen molar-refractivity contribution in [2.75, 3.05) is 18.5 Å². The van der Waals surface area contributed by atoms with Crippen LogP contribution in [-0.2, 0) is 9.53 Å². The zero-order valence-corrected chi connectivity index (χ0v) is 16.2. The van der Waals surface area contributed by atoms with Crippen molar-refractivity contribution in [2.45, 2.75) is 13.0 Å². The van der Waals surface area contributed by atoms with Crippen LogP contribution in [0.5, 0.6) is 11.5 Å². The van der Waals surface area contributed by atoms with Crippen LogP contribution in [0.3, 0.4) is 0 Å². The Balaban J connectivity index is 1.47. The van der Waals surface area contributed by atoms with Crippen molar-refractivity contribution in [3.8, 4) is 11.5 Å². The van der Waals surface area contributed by atoms with Crippen molar-refractivity contribution in [1.29, 1.82) is 0 Å². The molecule has 1 aliphatic rings.